The molecule has 0 bridgehead atoms. The fourth-order valence-electron chi connectivity index (χ4n) is 5.34. The second-order valence-corrected chi connectivity index (χ2v) is 11.7. The van der Waals surface area contributed by atoms with E-state index in [4.69, 9.17) is 9.47 Å². The minimum atomic E-state index is -1.84. The van der Waals surface area contributed by atoms with Gasteiger partial charge in [-0.05, 0) is 59.1 Å². The van der Waals surface area contributed by atoms with Crippen molar-refractivity contribution in [2.45, 2.75) is 70.7 Å². The van der Waals surface area contributed by atoms with Crippen molar-refractivity contribution in [3.63, 3.8) is 0 Å². The van der Waals surface area contributed by atoms with Crippen LogP contribution in [0, 0.1) is 29.2 Å². The average Bonchev–Trinajstić information content (AvgIpc) is 3.47. The molecule has 238 valence electrons. The molecule has 3 amide bonds. The highest BCUT2D eigenvalue weighted by molar-refractivity contribution is 5.93. The van der Waals surface area contributed by atoms with Crippen molar-refractivity contribution in [1.82, 2.24) is 14.8 Å². The molecule has 2 saturated heterocycles. The van der Waals surface area contributed by atoms with E-state index in [-0.39, 0.29) is 30.5 Å². The van der Waals surface area contributed by atoms with Crippen LogP contribution in [-0.2, 0) is 19.1 Å². The van der Waals surface area contributed by atoms with E-state index in [1.54, 1.807) is 27.7 Å². The Morgan fingerprint density at radius 2 is 1.77 bits per heavy atom. The molecule has 4 atom stereocenters. The molecule has 2 fully saturated rings. The third-order valence-corrected chi connectivity index (χ3v) is 7.33. The summed E-state index contributed by atoms with van der Waals surface area (Å²) in [5.74, 6) is -11.2. The fraction of sp³-hybridized carbons (Fsp3) is 0.483. The third kappa shape index (κ3) is 6.86. The molecule has 0 radical (unpaired) electrons. The number of carbonyl (C=O) groups excluding carboxylic acids is 4. The van der Waals surface area contributed by atoms with Crippen molar-refractivity contribution < 1.29 is 46.2 Å². The molecule has 1 aromatic heterocycles. The number of hydrogen-bond donors (Lipinski definition) is 2. The van der Waals surface area contributed by atoms with Gasteiger partial charge in [0, 0.05) is 30.8 Å². The van der Waals surface area contributed by atoms with Crippen LogP contribution in [0.5, 0.6) is 5.75 Å². The van der Waals surface area contributed by atoms with Crippen molar-refractivity contribution in [1.29, 1.82) is 0 Å². The van der Waals surface area contributed by atoms with Crippen LogP contribution in [-0.4, -0.2) is 64.0 Å². The molecule has 15 heteroatoms. The number of benzene rings is 1. The molecule has 3 heterocycles. The average molecular weight is 625 g/mol. The summed E-state index contributed by atoms with van der Waals surface area (Å²) in [4.78, 5) is 66.3. The molecule has 44 heavy (non-hydrogen) atoms. The van der Waals surface area contributed by atoms with Crippen LogP contribution in [0.15, 0.2) is 29.2 Å². The van der Waals surface area contributed by atoms with Gasteiger partial charge in [0.05, 0.1) is 6.04 Å². The van der Waals surface area contributed by atoms with E-state index in [1.165, 1.54) is 23.2 Å². The highest BCUT2D eigenvalue weighted by Gasteiger charge is 2.46. The lowest BCUT2D eigenvalue weighted by Gasteiger charge is -2.32. The van der Waals surface area contributed by atoms with Gasteiger partial charge in [0.2, 0.25) is 23.4 Å². The summed E-state index contributed by atoms with van der Waals surface area (Å²) in [6, 6.07) is -0.362. The zero-order chi connectivity index (χ0) is 32.5. The van der Waals surface area contributed by atoms with Gasteiger partial charge in [-0.25, -0.2) is 13.6 Å². The summed E-state index contributed by atoms with van der Waals surface area (Å²) in [5, 5.41) is 4.99. The first kappa shape index (κ1) is 32.5. The Hall–Kier alpha value is -4.43. The van der Waals surface area contributed by atoms with Crippen LogP contribution in [0.3, 0.4) is 0 Å². The van der Waals surface area contributed by atoms with Crippen LogP contribution in [0.25, 0.3) is 0 Å². The number of halogens is 4. The second-order valence-electron chi connectivity index (χ2n) is 11.7. The van der Waals surface area contributed by atoms with Gasteiger partial charge in [-0.2, -0.15) is 8.78 Å². The Bertz CT molecular complexity index is 1510. The van der Waals surface area contributed by atoms with E-state index in [2.05, 4.69) is 10.6 Å². The summed E-state index contributed by atoms with van der Waals surface area (Å²) in [7, 11) is 0. The van der Waals surface area contributed by atoms with Gasteiger partial charge >= 0.3 is 6.09 Å². The lowest BCUT2D eigenvalue weighted by atomic mass is 9.94. The number of carbonyl (C=O) groups is 4. The lowest BCUT2D eigenvalue weighted by Crippen LogP contribution is -2.49. The van der Waals surface area contributed by atoms with Crippen molar-refractivity contribution in [2.75, 3.05) is 18.5 Å². The fourth-order valence-corrected chi connectivity index (χ4v) is 5.34. The van der Waals surface area contributed by atoms with Gasteiger partial charge in [0.15, 0.2) is 23.2 Å². The van der Waals surface area contributed by atoms with E-state index >= 15 is 0 Å². The minimum Gasteiger partial charge on any atom is -0.479 e. The Morgan fingerprint density at radius 1 is 1.11 bits per heavy atom. The van der Waals surface area contributed by atoms with Gasteiger partial charge in [-0.3, -0.25) is 24.5 Å². The number of ketones is 1. The molecule has 2 N–H and O–H groups in total. The van der Waals surface area contributed by atoms with E-state index in [0.29, 0.717) is 13.0 Å². The minimum absolute atomic E-state index is 0.00839. The molecule has 11 nitrogen and oxygen atoms in total. The van der Waals surface area contributed by atoms with Gasteiger partial charge < -0.3 is 24.3 Å². The molecular weight excluding hydrogens is 592 g/mol. The Kier molecular flexibility index (Phi) is 9.35. The Morgan fingerprint density at radius 3 is 2.36 bits per heavy atom. The predicted molar refractivity (Wildman–Crippen MR) is 147 cm³/mol. The summed E-state index contributed by atoms with van der Waals surface area (Å²) in [6.07, 6.45) is 0.685. The number of pyridine rings is 1. The number of aromatic nitrogens is 1. The molecular formula is C29H32F4N4O7. The predicted octanol–water partition coefficient (Wildman–Crippen LogP) is 3.46. The Balaban J connectivity index is 1.60. The molecule has 0 spiro atoms. The van der Waals surface area contributed by atoms with Crippen LogP contribution < -0.4 is 20.9 Å². The van der Waals surface area contributed by atoms with E-state index in [0.717, 1.165) is 4.57 Å². The monoisotopic (exact) mass is 624 g/mol. The number of nitrogens with one attached hydrogen (secondary N) is 2. The number of hydrogen-bond acceptors (Lipinski definition) is 7. The maximum Gasteiger partial charge on any atom is 0.412 e. The number of rotatable bonds is 9. The molecule has 4 unspecified atom stereocenters. The molecule has 0 aliphatic carbocycles. The van der Waals surface area contributed by atoms with E-state index in [1.807, 2.05) is 0 Å². The van der Waals surface area contributed by atoms with E-state index < -0.39 is 88.6 Å². The first-order valence-electron chi connectivity index (χ1n) is 13.9. The number of anilines is 1. The second kappa shape index (κ2) is 12.7. The highest BCUT2D eigenvalue weighted by Crippen LogP contribution is 2.34. The highest BCUT2D eigenvalue weighted by atomic mass is 19.2. The molecule has 4 rings (SSSR count). The standard InChI is InChI=1S/C29H32F4N4O7/c1-14-10-20(36-9-5-6-18(26(36)40)35-28(42)44-29(2,3)4)27(41)37(14)19(11-15-7-8-34-25(15)39)21(38)13-43-24-22(32)16(30)12-17(31)23(24)33/h5-6,9,12,14-15,19-20H,7-8,10-11,13H2,1-4H3,(H,34,39)(H,35,42). The lowest BCUT2D eigenvalue weighted by molar-refractivity contribution is -0.141. The quantitative estimate of drug-likeness (QED) is 0.322. The van der Waals surface area contributed by atoms with Crippen LogP contribution >= 0.6 is 0 Å². The normalized spacial score (nSPS) is 20.8. The molecule has 0 saturated carbocycles. The number of nitrogens with zero attached hydrogens (tertiary/aromatic N) is 2. The largest absolute Gasteiger partial charge is 0.479 e. The van der Waals surface area contributed by atoms with E-state index in [9.17, 15) is 41.5 Å². The van der Waals surface area contributed by atoms with Crippen molar-refractivity contribution in [3.8, 4) is 5.75 Å². The summed E-state index contributed by atoms with van der Waals surface area (Å²) < 4.78 is 66.8. The molecule has 2 aliphatic rings. The smallest absolute Gasteiger partial charge is 0.412 e. The summed E-state index contributed by atoms with van der Waals surface area (Å²) in [6.45, 7) is 5.80. The Labute approximate surface area is 249 Å². The zero-order valence-corrected chi connectivity index (χ0v) is 24.4. The SMILES string of the molecule is CC1CC(n2cccc(NC(=O)OC(C)(C)C)c2=O)C(=O)N1C(CC1CCNC1=O)C(=O)COc1c(F)c(F)cc(F)c1F. The summed E-state index contributed by atoms with van der Waals surface area (Å²) in [5.41, 5.74) is -1.71. The zero-order valence-electron chi connectivity index (χ0n) is 24.4. The van der Waals surface area contributed by atoms with Crippen LogP contribution in [0.2, 0.25) is 0 Å². The number of likely N-dealkylation sites (tertiary alicyclic amines) is 1. The molecule has 1 aromatic carbocycles. The first-order valence-corrected chi connectivity index (χ1v) is 13.9. The molecule has 2 aromatic rings. The van der Waals surface area contributed by atoms with Crippen molar-refractivity contribution in [2.24, 2.45) is 5.92 Å². The topological polar surface area (TPSA) is 136 Å². The third-order valence-electron chi connectivity index (χ3n) is 7.33. The van der Waals surface area contributed by atoms with Crippen molar-refractivity contribution in [3.05, 3.63) is 58.0 Å². The summed E-state index contributed by atoms with van der Waals surface area (Å²) >= 11 is 0. The van der Waals surface area contributed by atoms with Gasteiger partial charge in [-0.15, -0.1) is 0 Å². The van der Waals surface area contributed by atoms with Crippen LogP contribution in [0.1, 0.15) is 53.0 Å². The number of Topliss-reactive ketones (excluding diaryl/α,β-unsaturated/α-hetero) is 1. The first-order chi connectivity index (χ1) is 20.6. The number of ether oxygens (including phenoxy) is 2. The van der Waals surface area contributed by atoms with Gasteiger partial charge in [0.25, 0.3) is 5.56 Å². The number of amides is 3. The van der Waals surface area contributed by atoms with Gasteiger partial charge in [0.1, 0.15) is 23.9 Å². The van der Waals surface area contributed by atoms with Gasteiger partial charge in [-0.1, -0.05) is 0 Å². The maximum atomic E-state index is 14.2. The molecule has 2 aliphatic heterocycles. The van der Waals surface area contributed by atoms with Crippen LogP contribution in [0.4, 0.5) is 28.0 Å². The van der Waals surface area contributed by atoms with Crippen molar-refractivity contribution >= 4 is 29.4 Å². The maximum absolute atomic E-state index is 14.2.